The summed E-state index contributed by atoms with van der Waals surface area (Å²) in [5.74, 6) is 0. The van der Waals surface area contributed by atoms with E-state index in [-0.39, 0.29) is 23.6 Å². The minimum atomic E-state index is -0.211. The van der Waals surface area contributed by atoms with Crippen LogP contribution in [-0.4, -0.2) is 41.8 Å². The lowest BCUT2D eigenvalue weighted by molar-refractivity contribution is 0.00788. The first-order valence-corrected chi connectivity index (χ1v) is 5.20. The quantitative estimate of drug-likeness (QED) is 0.717. The third-order valence-corrected chi connectivity index (χ3v) is 3.03. The summed E-state index contributed by atoms with van der Waals surface area (Å²) in [5.41, 5.74) is 5.71. The Labute approximate surface area is 88.3 Å². The molecule has 1 atom stereocenters. The monoisotopic (exact) mass is 202 g/mol. The fraction of sp³-hybridized carbons (Fsp3) is 1.00. The lowest BCUT2D eigenvalue weighted by Crippen LogP contribution is -2.56. The molecule has 0 aliphatic rings. The Bertz CT molecular complexity index is 173. The zero-order valence-corrected chi connectivity index (χ0v) is 10.5. The Morgan fingerprint density at radius 2 is 1.64 bits per heavy atom. The van der Waals surface area contributed by atoms with Gasteiger partial charge in [-0.1, -0.05) is 20.8 Å². The Hall–Kier alpha value is -0.120. The molecule has 3 N–H and O–H groups in total. The number of likely N-dealkylation sites (N-methyl/N-ethyl adjacent to an activating group) is 1. The number of aliphatic hydroxyl groups is 1. The maximum absolute atomic E-state index is 9.29. The van der Waals surface area contributed by atoms with Gasteiger partial charge < -0.3 is 10.8 Å². The summed E-state index contributed by atoms with van der Waals surface area (Å²) in [6.07, 6.45) is 0. The van der Waals surface area contributed by atoms with Crippen LogP contribution in [0.15, 0.2) is 0 Å². The topological polar surface area (TPSA) is 49.5 Å². The van der Waals surface area contributed by atoms with Crippen molar-refractivity contribution >= 4 is 0 Å². The summed E-state index contributed by atoms with van der Waals surface area (Å²) in [5, 5.41) is 9.29. The number of nitrogens with zero attached hydrogens (tertiary/aromatic N) is 1. The molecule has 0 amide bonds. The highest BCUT2D eigenvalue weighted by atomic mass is 16.3. The van der Waals surface area contributed by atoms with E-state index in [0.29, 0.717) is 6.54 Å². The van der Waals surface area contributed by atoms with E-state index in [0.717, 1.165) is 0 Å². The molecule has 0 aliphatic carbocycles. The molecule has 0 aliphatic heterocycles. The van der Waals surface area contributed by atoms with Crippen LogP contribution in [0.5, 0.6) is 0 Å². The summed E-state index contributed by atoms with van der Waals surface area (Å²) in [7, 11) is 2.03. The molecule has 0 bridgehead atoms. The van der Waals surface area contributed by atoms with Gasteiger partial charge in [0.2, 0.25) is 0 Å². The lowest BCUT2D eigenvalue weighted by Gasteiger charge is -2.45. The summed E-state index contributed by atoms with van der Waals surface area (Å²) in [6.45, 7) is 11.3. The van der Waals surface area contributed by atoms with Crippen LogP contribution in [0.4, 0.5) is 0 Å². The molecule has 1 unspecified atom stereocenters. The van der Waals surface area contributed by atoms with E-state index < -0.39 is 0 Å². The van der Waals surface area contributed by atoms with Gasteiger partial charge in [0.05, 0.1) is 6.61 Å². The van der Waals surface area contributed by atoms with E-state index in [9.17, 15) is 5.11 Å². The maximum atomic E-state index is 9.29. The highest BCUT2D eigenvalue weighted by Gasteiger charge is 2.34. The molecular weight excluding hydrogens is 176 g/mol. The second-order valence-corrected chi connectivity index (χ2v) is 5.70. The molecule has 14 heavy (non-hydrogen) atoms. The Morgan fingerprint density at radius 1 is 1.21 bits per heavy atom. The van der Waals surface area contributed by atoms with Crippen LogP contribution < -0.4 is 5.73 Å². The largest absolute Gasteiger partial charge is 0.394 e. The minimum Gasteiger partial charge on any atom is -0.394 e. The molecule has 3 nitrogen and oxygen atoms in total. The standard InChI is InChI=1S/C11H26N2O/c1-10(2,3)9(7-12)13(6)11(4,5)8-14/h9,14H,7-8,12H2,1-6H3. The first-order chi connectivity index (χ1) is 6.16. The van der Waals surface area contributed by atoms with E-state index in [2.05, 4.69) is 25.7 Å². The molecular formula is C11H26N2O. The molecule has 0 aromatic heterocycles. The molecule has 0 spiro atoms. The predicted octanol–water partition coefficient (Wildman–Crippen LogP) is 1.06. The number of hydrogen-bond acceptors (Lipinski definition) is 3. The van der Waals surface area contributed by atoms with Gasteiger partial charge in [-0.15, -0.1) is 0 Å². The van der Waals surface area contributed by atoms with Crippen molar-refractivity contribution in [3.63, 3.8) is 0 Å². The Balaban J connectivity index is 4.71. The summed E-state index contributed by atoms with van der Waals surface area (Å²) in [4.78, 5) is 2.17. The molecule has 86 valence electrons. The normalized spacial score (nSPS) is 16.1. The van der Waals surface area contributed by atoms with Gasteiger partial charge in [0, 0.05) is 18.1 Å². The van der Waals surface area contributed by atoms with Gasteiger partial charge in [-0.05, 0) is 26.3 Å². The predicted molar refractivity (Wildman–Crippen MR) is 61.2 cm³/mol. The third-order valence-electron chi connectivity index (χ3n) is 3.03. The minimum absolute atomic E-state index is 0.135. The Kier molecular flexibility index (Phi) is 4.56. The van der Waals surface area contributed by atoms with E-state index in [1.165, 1.54) is 0 Å². The summed E-state index contributed by atoms with van der Waals surface area (Å²) < 4.78 is 0. The molecule has 0 fully saturated rings. The molecule has 0 radical (unpaired) electrons. The van der Waals surface area contributed by atoms with Crippen molar-refractivity contribution in [3.05, 3.63) is 0 Å². The number of nitrogens with two attached hydrogens (primary N) is 1. The van der Waals surface area contributed by atoms with Crippen molar-refractivity contribution < 1.29 is 5.11 Å². The fourth-order valence-electron chi connectivity index (χ4n) is 1.63. The zero-order chi connectivity index (χ0) is 11.6. The van der Waals surface area contributed by atoms with Crippen LogP contribution in [0.25, 0.3) is 0 Å². The van der Waals surface area contributed by atoms with E-state index in [4.69, 9.17) is 5.73 Å². The van der Waals surface area contributed by atoms with Gasteiger partial charge in [-0.2, -0.15) is 0 Å². The van der Waals surface area contributed by atoms with Crippen LogP contribution in [0.3, 0.4) is 0 Å². The van der Waals surface area contributed by atoms with E-state index >= 15 is 0 Å². The summed E-state index contributed by atoms with van der Waals surface area (Å²) >= 11 is 0. The van der Waals surface area contributed by atoms with Gasteiger partial charge in [0.25, 0.3) is 0 Å². The van der Waals surface area contributed by atoms with Crippen molar-refractivity contribution in [2.45, 2.75) is 46.2 Å². The lowest BCUT2D eigenvalue weighted by atomic mass is 9.83. The van der Waals surface area contributed by atoms with Crippen LogP contribution in [0.1, 0.15) is 34.6 Å². The molecule has 3 heteroatoms. The average Bonchev–Trinajstić information content (AvgIpc) is 2.03. The van der Waals surface area contributed by atoms with Gasteiger partial charge in [-0.3, -0.25) is 4.90 Å². The van der Waals surface area contributed by atoms with Crippen LogP contribution in [-0.2, 0) is 0 Å². The average molecular weight is 202 g/mol. The SMILES string of the molecule is CN(C(CN)C(C)(C)C)C(C)(C)CO. The first kappa shape index (κ1) is 13.9. The number of hydrogen-bond donors (Lipinski definition) is 2. The smallest absolute Gasteiger partial charge is 0.0610 e. The maximum Gasteiger partial charge on any atom is 0.0610 e. The van der Waals surface area contributed by atoms with Crippen molar-refractivity contribution in [3.8, 4) is 0 Å². The number of rotatable bonds is 4. The van der Waals surface area contributed by atoms with Gasteiger partial charge in [-0.25, -0.2) is 0 Å². The van der Waals surface area contributed by atoms with E-state index in [1.54, 1.807) is 0 Å². The van der Waals surface area contributed by atoms with Crippen molar-refractivity contribution in [1.82, 2.24) is 4.90 Å². The highest BCUT2D eigenvalue weighted by Crippen LogP contribution is 2.27. The molecule has 0 saturated carbocycles. The second kappa shape index (κ2) is 4.60. The zero-order valence-electron chi connectivity index (χ0n) is 10.5. The molecule has 0 aromatic carbocycles. The van der Waals surface area contributed by atoms with Crippen LogP contribution >= 0.6 is 0 Å². The van der Waals surface area contributed by atoms with Gasteiger partial charge in [0.1, 0.15) is 0 Å². The van der Waals surface area contributed by atoms with Gasteiger partial charge >= 0.3 is 0 Å². The fourth-order valence-corrected chi connectivity index (χ4v) is 1.63. The van der Waals surface area contributed by atoms with Crippen molar-refractivity contribution in [1.29, 1.82) is 0 Å². The molecule has 0 saturated heterocycles. The molecule has 0 heterocycles. The van der Waals surface area contributed by atoms with Crippen LogP contribution in [0.2, 0.25) is 0 Å². The van der Waals surface area contributed by atoms with Gasteiger partial charge in [0.15, 0.2) is 0 Å². The molecule has 0 rings (SSSR count). The molecule has 0 aromatic rings. The highest BCUT2D eigenvalue weighted by molar-refractivity contribution is 4.90. The van der Waals surface area contributed by atoms with Crippen molar-refractivity contribution in [2.75, 3.05) is 20.2 Å². The van der Waals surface area contributed by atoms with Crippen LogP contribution in [0, 0.1) is 5.41 Å². The third kappa shape index (κ3) is 3.23. The van der Waals surface area contributed by atoms with Crippen molar-refractivity contribution in [2.24, 2.45) is 11.1 Å². The number of aliphatic hydroxyl groups excluding tert-OH is 1. The second-order valence-electron chi connectivity index (χ2n) is 5.70. The van der Waals surface area contributed by atoms with E-state index in [1.807, 2.05) is 20.9 Å². The summed E-state index contributed by atoms with van der Waals surface area (Å²) in [6, 6.07) is 0.282. The first-order valence-electron chi connectivity index (χ1n) is 5.20. The Morgan fingerprint density at radius 3 is 1.86 bits per heavy atom.